The van der Waals surface area contributed by atoms with Gasteiger partial charge in [-0.25, -0.2) is 9.50 Å². The molecule has 0 saturated carbocycles. The highest BCUT2D eigenvalue weighted by molar-refractivity contribution is 5.76. The number of aromatic nitrogens is 4. The third-order valence-corrected chi connectivity index (χ3v) is 5.11. The molecule has 28 heavy (non-hydrogen) atoms. The lowest BCUT2D eigenvalue weighted by Gasteiger charge is -2.29. The molecule has 0 bridgehead atoms. The van der Waals surface area contributed by atoms with E-state index in [4.69, 9.17) is 24.5 Å². The van der Waals surface area contributed by atoms with Crippen LogP contribution in [-0.4, -0.2) is 59.6 Å². The lowest BCUT2D eigenvalue weighted by atomic mass is 9.86. The zero-order valence-corrected chi connectivity index (χ0v) is 17.0. The number of aryl methyl sites for hydroxylation is 1. The van der Waals surface area contributed by atoms with Gasteiger partial charge in [0.05, 0.1) is 48.8 Å². The molecule has 0 aromatic carbocycles. The highest BCUT2D eigenvalue weighted by Gasteiger charge is 2.27. The van der Waals surface area contributed by atoms with Crippen LogP contribution in [0, 0.1) is 6.92 Å². The van der Waals surface area contributed by atoms with Crippen molar-refractivity contribution >= 4 is 11.3 Å². The fourth-order valence-corrected chi connectivity index (χ4v) is 3.82. The van der Waals surface area contributed by atoms with E-state index in [1.54, 1.807) is 7.11 Å². The molecule has 0 radical (unpaired) electrons. The molecule has 0 spiro atoms. The molecule has 0 aliphatic carbocycles. The first-order chi connectivity index (χ1) is 13.5. The fraction of sp³-hybridized carbons (Fsp3) is 0.476. The molecule has 0 atom stereocenters. The first-order valence-electron chi connectivity index (χ1n) is 9.64. The van der Waals surface area contributed by atoms with Crippen LogP contribution >= 0.6 is 0 Å². The van der Waals surface area contributed by atoms with Crippen molar-refractivity contribution in [1.29, 1.82) is 0 Å². The Kier molecular flexibility index (Phi) is 5.03. The Morgan fingerprint density at radius 1 is 1.25 bits per heavy atom. The largest absolute Gasteiger partial charge is 0.384 e. The highest BCUT2D eigenvalue weighted by atomic mass is 16.5. The van der Waals surface area contributed by atoms with Crippen LogP contribution in [0.4, 0.5) is 5.69 Å². The molecule has 0 unspecified atom stereocenters. The van der Waals surface area contributed by atoms with Gasteiger partial charge in [0.1, 0.15) is 0 Å². The molecule has 1 fully saturated rings. The number of methoxy groups -OCH3 is 1. The maximum Gasteiger partial charge on any atom is 0.177 e. The molecule has 0 N–H and O–H groups in total. The fourth-order valence-electron chi connectivity index (χ4n) is 3.82. The van der Waals surface area contributed by atoms with E-state index in [9.17, 15) is 0 Å². The summed E-state index contributed by atoms with van der Waals surface area (Å²) in [6, 6.07) is 6.18. The zero-order valence-electron chi connectivity index (χ0n) is 17.0. The summed E-state index contributed by atoms with van der Waals surface area (Å²) in [6.45, 7) is 10.0. The summed E-state index contributed by atoms with van der Waals surface area (Å²) in [6.07, 6.45) is 3.80. The van der Waals surface area contributed by atoms with Crippen LogP contribution in [0.15, 0.2) is 30.6 Å². The van der Waals surface area contributed by atoms with Gasteiger partial charge in [0.2, 0.25) is 0 Å². The molecule has 3 aromatic heterocycles. The number of hydrogen-bond donors (Lipinski definition) is 0. The van der Waals surface area contributed by atoms with Gasteiger partial charge in [-0.15, -0.1) is 0 Å². The number of anilines is 1. The summed E-state index contributed by atoms with van der Waals surface area (Å²) in [5, 5.41) is 4.87. The molecular weight excluding hydrogens is 354 g/mol. The summed E-state index contributed by atoms with van der Waals surface area (Å²) in [4.78, 5) is 11.7. The molecule has 4 rings (SSSR count). The maximum atomic E-state index is 5.54. The maximum absolute atomic E-state index is 5.54. The van der Waals surface area contributed by atoms with Crippen molar-refractivity contribution in [3.63, 3.8) is 0 Å². The Balaban J connectivity index is 1.88. The van der Waals surface area contributed by atoms with Crippen molar-refractivity contribution in [3.05, 3.63) is 42.0 Å². The molecule has 7 heteroatoms. The SMILES string of the molecule is COCC(C)(C)c1ncccc1-c1cc(N2CCOCC2)c2nc(C)cn2n1. The van der Waals surface area contributed by atoms with Gasteiger partial charge < -0.3 is 14.4 Å². The van der Waals surface area contributed by atoms with Crippen LogP contribution in [0.2, 0.25) is 0 Å². The molecule has 0 amide bonds. The van der Waals surface area contributed by atoms with Gasteiger partial charge in [-0.3, -0.25) is 4.98 Å². The Morgan fingerprint density at radius 2 is 2.04 bits per heavy atom. The Hall–Kier alpha value is -2.51. The third kappa shape index (κ3) is 3.47. The molecule has 1 aliphatic rings. The van der Waals surface area contributed by atoms with E-state index in [1.165, 1.54) is 0 Å². The van der Waals surface area contributed by atoms with Crippen molar-refractivity contribution < 1.29 is 9.47 Å². The van der Waals surface area contributed by atoms with Gasteiger partial charge in [0.25, 0.3) is 0 Å². The van der Waals surface area contributed by atoms with Gasteiger partial charge in [0.15, 0.2) is 5.65 Å². The minimum atomic E-state index is -0.230. The van der Waals surface area contributed by atoms with Gasteiger partial charge >= 0.3 is 0 Å². The van der Waals surface area contributed by atoms with Gasteiger partial charge in [-0.1, -0.05) is 13.8 Å². The van der Waals surface area contributed by atoms with Crippen LogP contribution < -0.4 is 4.90 Å². The van der Waals surface area contributed by atoms with Crippen molar-refractivity contribution in [2.24, 2.45) is 0 Å². The zero-order chi connectivity index (χ0) is 19.7. The predicted octanol–water partition coefficient (Wildman–Crippen LogP) is 2.86. The molecule has 3 aromatic rings. The predicted molar refractivity (Wildman–Crippen MR) is 109 cm³/mol. The van der Waals surface area contributed by atoms with Crippen LogP contribution in [0.25, 0.3) is 16.9 Å². The minimum Gasteiger partial charge on any atom is -0.384 e. The van der Waals surface area contributed by atoms with E-state index in [0.717, 1.165) is 60.3 Å². The average Bonchev–Trinajstić information content (AvgIpc) is 3.08. The lowest BCUT2D eigenvalue weighted by molar-refractivity contribution is 0.123. The van der Waals surface area contributed by atoms with Crippen LogP contribution in [0.5, 0.6) is 0 Å². The first kappa shape index (κ1) is 18.8. The second-order valence-corrected chi connectivity index (χ2v) is 7.88. The smallest absolute Gasteiger partial charge is 0.177 e. The van der Waals surface area contributed by atoms with Gasteiger partial charge in [0, 0.05) is 37.4 Å². The van der Waals surface area contributed by atoms with E-state index in [-0.39, 0.29) is 5.41 Å². The minimum absolute atomic E-state index is 0.230. The van der Waals surface area contributed by atoms with E-state index in [2.05, 4.69) is 30.9 Å². The summed E-state index contributed by atoms with van der Waals surface area (Å²) < 4.78 is 12.9. The first-order valence-corrected chi connectivity index (χ1v) is 9.64. The number of ether oxygens (including phenoxy) is 2. The molecule has 1 aliphatic heterocycles. The summed E-state index contributed by atoms with van der Waals surface area (Å²) in [5.41, 5.74) is 5.57. The Bertz CT molecular complexity index is 976. The molecule has 148 valence electrons. The van der Waals surface area contributed by atoms with Crippen LogP contribution in [0.1, 0.15) is 25.2 Å². The van der Waals surface area contributed by atoms with Crippen molar-refractivity contribution in [2.45, 2.75) is 26.2 Å². The molecule has 7 nitrogen and oxygen atoms in total. The number of morpholine rings is 1. The summed E-state index contributed by atoms with van der Waals surface area (Å²) in [5.74, 6) is 0. The highest BCUT2D eigenvalue weighted by Crippen LogP contribution is 2.33. The standard InChI is InChI=1S/C21H27N5O2/c1-15-13-26-20(23-15)18(25-8-10-28-11-9-25)12-17(24-26)16-6-5-7-22-19(16)21(2,3)14-27-4/h5-7,12-13H,8-11,14H2,1-4H3. The van der Waals surface area contributed by atoms with Crippen molar-refractivity contribution in [1.82, 2.24) is 19.6 Å². The van der Waals surface area contributed by atoms with E-state index >= 15 is 0 Å². The van der Waals surface area contributed by atoms with Crippen LogP contribution in [0.3, 0.4) is 0 Å². The second-order valence-electron chi connectivity index (χ2n) is 7.88. The van der Waals surface area contributed by atoms with Gasteiger partial charge in [-0.05, 0) is 25.1 Å². The van der Waals surface area contributed by atoms with Crippen molar-refractivity contribution in [2.75, 3.05) is 44.9 Å². The lowest BCUT2D eigenvalue weighted by Crippen LogP contribution is -2.36. The number of pyridine rings is 1. The normalized spacial score (nSPS) is 15.4. The molecular formula is C21H27N5O2. The molecule has 1 saturated heterocycles. The summed E-state index contributed by atoms with van der Waals surface area (Å²) >= 11 is 0. The molecule has 4 heterocycles. The number of rotatable bonds is 5. The average molecular weight is 381 g/mol. The second kappa shape index (κ2) is 7.48. The van der Waals surface area contributed by atoms with E-state index < -0.39 is 0 Å². The van der Waals surface area contributed by atoms with Crippen LogP contribution in [-0.2, 0) is 14.9 Å². The third-order valence-electron chi connectivity index (χ3n) is 5.11. The summed E-state index contributed by atoms with van der Waals surface area (Å²) in [7, 11) is 1.72. The number of nitrogens with zero attached hydrogens (tertiary/aromatic N) is 5. The van der Waals surface area contributed by atoms with E-state index in [0.29, 0.717) is 6.61 Å². The monoisotopic (exact) mass is 381 g/mol. The van der Waals surface area contributed by atoms with Crippen molar-refractivity contribution in [3.8, 4) is 11.3 Å². The topological polar surface area (TPSA) is 64.8 Å². The Morgan fingerprint density at radius 3 is 2.79 bits per heavy atom. The number of imidazole rings is 1. The Labute approximate surface area is 165 Å². The number of fused-ring (bicyclic) bond motifs is 1. The quantitative estimate of drug-likeness (QED) is 0.677. The number of hydrogen-bond acceptors (Lipinski definition) is 6. The van der Waals surface area contributed by atoms with E-state index in [1.807, 2.05) is 29.9 Å². The van der Waals surface area contributed by atoms with Gasteiger partial charge in [-0.2, -0.15) is 5.10 Å².